The van der Waals surface area contributed by atoms with Crippen LogP contribution in [0.25, 0.3) is 0 Å². The number of ether oxygens (including phenoxy) is 1. The van der Waals surface area contributed by atoms with Crippen LogP contribution >= 0.6 is 0 Å². The van der Waals surface area contributed by atoms with Gasteiger partial charge in [0, 0.05) is 12.0 Å². The van der Waals surface area contributed by atoms with Crippen LogP contribution in [0.1, 0.15) is 77.0 Å². The van der Waals surface area contributed by atoms with Crippen molar-refractivity contribution in [2.45, 2.75) is 87.6 Å². The second kappa shape index (κ2) is 11.7. The van der Waals surface area contributed by atoms with E-state index in [1.807, 2.05) is 0 Å². The zero-order valence-electron chi connectivity index (χ0n) is 23.1. The molecule has 0 aliphatic heterocycles. The summed E-state index contributed by atoms with van der Waals surface area (Å²) in [5.41, 5.74) is 0.0787. The summed E-state index contributed by atoms with van der Waals surface area (Å²) in [6.45, 7) is 0.233. The molecule has 248 valence electrons. The fraction of sp³-hybridized carbons (Fsp3) is 0.923. The highest BCUT2D eigenvalue weighted by atomic mass is 32.3. The molecule has 17 heteroatoms. The Morgan fingerprint density at radius 2 is 0.953 bits per heavy atom. The third-order valence-corrected chi connectivity index (χ3v) is 11.8. The van der Waals surface area contributed by atoms with Gasteiger partial charge in [-0.3, -0.25) is 4.79 Å². The summed E-state index contributed by atoms with van der Waals surface area (Å²) in [6, 6.07) is -3.53. The van der Waals surface area contributed by atoms with Gasteiger partial charge in [-0.1, -0.05) is 7.77 Å². The number of rotatable bonds is 7. The molecule has 0 atom stereocenters. The fourth-order valence-corrected chi connectivity index (χ4v) is 9.90. The Kier molecular flexibility index (Phi) is 9.36. The van der Waals surface area contributed by atoms with Gasteiger partial charge in [-0.2, -0.15) is 38.8 Å². The summed E-state index contributed by atoms with van der Waals surface area (Å²) in [4.78, 5) is 20.3. The van der Waals surface area contributed by atoms with Gasteiger partial charge in [0.05, 0.1) is 6.61 Å². The predicted octanol–water partition coefficient (Wildman–Crippen LogP) is 5.21. The molecule has 0 aromatic heterocycles. The van der Waals surface area contributed by atoms with Gasteiger partial charge in [-0.15, -0.1) is 0 Å². The number of aliphatic hydroxyl groups is 1. The third-order valence-electron chi connectivity index (χ3n) is 10.3. The van der Waals surface area contributed by atoms with Crippen LogP contribution in [0.4, 0.5) is 29.7 Å². The quantitative estimate of drug-likeness (QED) is 0.222. The van der Waals surface area contributed by atoms with Gasteiger partial charge in [0.1, 0.15) is 0 Å². The number of esters is 1. The minimum atomic E-state index is -6.46. The third kappa shape index (κ3) is 7.17. The first kappa shape index (κ1) is 34.4. The van der Waals surface area contributed by atoms with Gasteiger partial charge in [0.25, 0.3) is 0 Å². The van der Waals surface area contributed by atoms with Gasteiger partial charge in [0.15, 0.2) is 0 Å². The summed E-state index contributed by atoms with van der Waals surface area (Å²) in [7, 11) is -12.7. The first-order chi connectivity index (χ1) is 19.6. The van der Waals surface area contributed by atoms with E-state index in [0.29, 0.717) is 29.8 Å². The van der Waals surface area contributed by atoms with E-state index in [1.165, 1.54) is 38.5 Å². The molecule has 0 amide bonds. The van der Waals surface area contributed by atoms with Gasteiger partial charge < -0.3 is 9.84 Å². The number of carbonyl (C=O) groups excluding carboxylic acids is 2. The Bertz CT molecular complexity index is 1230. The number of aliphatic hydroxyl groups excluding tert-OH is 1. The highest BCUT2D eigenvalue weighted by molar-refractivity contribution is 7.88. The van der Waals surface area contributed by atoms with Crippen molar-refractivity contribution in [1.82, 2.24) is 0 Å². The highest BCUT2D eigenvalue weighted by Crippen LogP contribution is 2.61. The molecule has 0 aromatic rings. The molecule has 0 unspecified atom stereocenters. The highest BCUT2D eigenvalue weighted by Gasteiger charge is 2.58. The second-order valence-corrected chi connectivity index (χ2v) is 16.5. The van der Waals surface area contributed by atoms with Crippen LogP contribution in [0.3, 0.4) is 0 Å². The molecule has 8 nitrogen and oxygen atoms in total. The van der Waals surface area contributed by atoms with Crippen LogP contribution < -0.4 is 0 Å². The largest absolute Gasteiger partial charge is 0.470 e. The van der Waals surface area contributed by atoms with E-state index in [9.17, 15) is 56.5 Å². The molecule has 0 heterocycles. The lowest BCUT2D eigenvalue weighted by Crippen LogP contribution is -2.49. The molecular weight excluding hydrogens is 637 g/mol. The van der Waals surface area contributed by atoms with Crippen molar-refractivity contribution >= 4 is 32.5 Å². The van der Waals surface area contributed by atoms with E-state index in [4.69, 9.17) is 4.79 Å². The number of halogens is 7. The molecule has 0 saturated heterocycles. The molecule has 8 aliphatic rings. The maximum atomic E-state index is 13.0. The number of hydrogen-bond acceptors (Lipinski definition) is 8. The van der Waals surface area contributed by atoms with Crippen LogP contribution in [0.15, 0.2) is 0 Å². The molecule has 8 rings (SSSR count). The number of hydrogen-bond donors (Lipinski definition) is 1. The van der Waals surface area contributed by atoms with Crippen LogP contribution in [-0.4, -0.2) is 57.7 Å². The first-order valence-electron chi connectivity index (χ1n) is 14.2. The summed E-state index contributed by atoms with van der Waals surface area (Å²) >= 11 is 0. The Balaban J connectivity index is 0.000000163. The summed E-state index contributed by atoms with van der Waals surface area (Å²) in [5, 5.41) is -1.25. The zero-order chi connectivity index (χ0) is 32.2. The van der Waals surface area contributed by atoms with Crippen LogP contribution in [0.2, 0.25) is 0 Å². The predicted molar refractivity (Wildman–Crippen MR) is 135 cm³/mol. The lowest BCUT2D eigenvalue weighted by atomic mass is 9.50. The smallest absolute Gasteiger partial charge is 0.460 e. The minimum absolute atomic E-state index is 0.236. The van der Waals surface area contributed by atoms with Gasteiger partial charge in [-0.05, 0) is 118 Å². The Morgan fingerprint density at radius 1 is 0.651 bits per heavy atom. The Morgan fingerprint density at radius 3 is 1.19 bits per heavy atom. The molecule has 43 heavy (non-hydrogen) atoms. The van der Waals surface area contributed by atoms with Crippen molar-refractivity contribution in [3.05, 3.63) is 0 Å². The van der Waals surface area contributed by atoms with E-state index in [0.717, 1.165) is 56.3 Å². The van der Waals surface area contributed by atoms with Crippen LogP contribution in [-0.2, 0) is 34.8 Å². The molecule has 0 spiro atoms. The molecule has 8 aliphatic carbocycles. The van der Waals surface area contributed by atoms with Crippen molar-refractivity contribution in [1.29, 1.82) is 0 Å². The second-order valence-electron chi connectivity index (χ2n) is 13.8. The van der Waals surface area contributed by atoms with Gasteiger partial charge in [-0.25, -0.2) is 4.79 Å². The molecular formula is C26H35F7O8S2. The molecule has 8 fully saturated rings. The lowest BCUT2D eigenvalue weighted by molar-refractivity contribution is -0.171. The number of carbonyl (C=O) groups is 2. The van der Waals surface area contributed by atoms with Crippen molar-refractivity contribution in [3.63, 3.8) is 0 Å². The van der Waals surface area contributed by atoms with Gasteiger partial charge in [0.2, 0.25) is 0 Å². The summed E-state index contributed by atoms with van der Waals surface area (Å²) < 4.78 is 127. The van der Waals surface area contributed by atoms with Crippen molar-refractivity contribution < 1.29 is 66.0 Å². The minimum Gasteiger partial charge on any atom is -0.460 e. The molecule has 8 saturated carbocycles. The Hall–Kier alpha value is -1.49. The average Bonchev–Trinajstić information content (AvgIpc) is 2.85. The van der Waals surface area contributed by atoms with E-state index >= 15 is 0 Å². The molecule has 8 bridgehead atoms. The standard InChI is InChI=1S/C13H17F3O4S.C11H18O.C2F4O3S/c14-13(15,21(16,18)19)11(17)20-7-12-4-8-1-9(5-12)3-10(2-8)6-12;12-7-11-4-8-1-9(5-11)3-10(2-8)6-11;3-1(7)2(4,5)10(6,8)9/h8-10H,1-7H2;8-10,12H,1-7H2;. The average molecular weight is 673 g/mol. The molecule has 1 N–H and O–H groups in total. The SMILES string of the molecule is O=C(F)C(F)(F)S(=O)(=O)F.O=C(OCC12CC3CC(CC(C3)C1)C2)C(F)(F)S(=O)(=O)F.OCC12CC3CC(CC(C3)C1)C2. The monoisotopic (exact) mass is 672 g/mol. The molecule has 0 aromatic carbocycles. The maximum Gasteiger partial charge on any atom is 0.470 e. The van der Waals surface area contributed by atoms with E-state index in [-0.39, 0.29) is 12.0 Å². The van der Waals surface area contributed by atoms with E-state index < -0.39 is 43.0 Å². The topological polar surface area (TPSA) is 132 Å². The number of alkyl halides is 4. The fourth-order valence-electron chi connectivity index (χ4n) is 9.45. The maximum absolute atomic E-state index is 13.0. The van der Waals surface area contributed by atoms with E-state index in [1.54, 1.807) is 0 Å². The van der Waals surface area contributed by atoms with E-state index in [2.05, 4.69) is 4.74 Å². The normalized spacial score (nSPS) is 37.6. The summed E-state index contributed by atoms with van der Waals surface area (Å²) in [6.07, 6.45) is 14.4. The van der Waals surface area contributed by atoms with Crippen LogP contribution in [0, 0.1) is 46.3 Å². The Labute approximate surface area is 245 Å². The lowest BCUT2D eigenvalue weighted by Gasteiger charge is -2.56. The van der Waals surface area contributed by atoms with Gasteiger partial charge >= 0.3 is 43.0 Å². The van der Waals surface area contributed by atoms with Crippen molar-refractivity contribution in [2.75, 3.05) is 13.2 Å². The van der Waals surface area contributed by atoms with Crippen molar-refractivity contribution in [2.24, 2.45) is 46.3 Å². The summed E-state index contributed by atoms with van der Waals surface area (Å²) in [5.74, 6) is 2.29. The zero-order valence-corrected chi connectivity index (χ0v) is 24.8. The first-order valence-corrected chi connectivity index (χ1v) is 17.0. The van der Waals surface area contributed by atoms with Crippen LogP contribution in [0.5, 0.6) is 0 Å². The molecule has 0 radical (unpaired) electrons. The van der Waals surface area contributed by atoms with Crippen molar-refractivity contribution in [3.8, 4) is 0 Å².